The molecule has 0 saturated carbocycles. The van der Waals surface area contributed by atoms with Crippen LogP contribution in [0.25, 0.3) is 0 Å². The highest BCUT2D eigenvalue weighted by atomic mass is 32.2. The highest BCUT2D eigenvalue weighted by Gasteiger charge is 2.26. The average Bonchev–Trinajstić information content (AvgIpc) is 1.96. The van der Waals surface area contributed by atoms with Gasteiger partial charge in [-0.1, -0.05) is 0 Å². The summed E-state index contributed by atoms with van der Waals surface area (Å²) in [6.45, 7) is -0.254. The molecule has 0 unspecified atom stereocenters. The van der Waals surface area contributed by atoms with Gasteiger partial charge in [0.2, 0.25) is 10.0 Å². The number of hydrogen-bond donors (Lipinski definition) is 2. The van der Waals surface area contributed by atoms with Crippen molar-refractivity contribution >= 4 is 10.0 Å². The van der Waals surface area contributed by atoms with Crippen LogP contribution in [-0.2, 0) is 10.0 Å². The lowest BCUT2D eigenvalue weighted by atomic mass is 10.3. The highest BCUT2D eigenvalue weighted by molar-refractivity contribution is 7.89. The summed E-state index contributed by atoms with van der Waals surface area (Å²) in [5.74, 6) is -0.265. The lowest BCUT2D eigenvalue weighted by Gasteiger charge is -2.07. The lowest BCUT2D eigenvalue weighted by molar-refractivity contribution is -0.135. The van der Waals surface area contributed by atoms with E-state index >= 15 is 0 Å². The van der Waals surface area contributed by atoms with Gasteiger partial charge in [-0.05, 0) is 6.42 Å². The third kappa shape index (κ3) is 8.27. The van der Waals surface area contributed by atoms with Gasteiger partial charge in [0.25, 0.3) is 0 Å². The Bertz CT molecular complexity index is 250. The molecule has 0 spiro atoms. The summed E-state index contributed by atoms with van der Waals surface area (Å²) in [6.07, 6.45) is -5.48. The van der Waals surface area contributed by atoms with Crippen LogP contribution >= 0.6 is 0 Å². The molecule has 0 amide bonds. The fraction of sp³-hybridized carbons (Fsp3) is 1.00. The van der Waals surface area contributed by atoms with Crippen LogP contribution in [0.4, 0.5) is 13.2 Å². The molecule has 0 aliphatic rings. The minimum absolute atomic E-state index is 0.0470. The molecular weight excluding hydrogens is 221 g/mol. The molecule has 14 heavy (non-hydrogen) atoms. The first-order valence-corrected chi connectivity index (χ1v) is 5.66. The van der Waals surface area contributed by atoms with E-state index in [0.717, 1.165) is 0 Å². The van der Waals surface area contributed by atoms with Crippen LogP contribution in [0.1, 0.15) is 12.8 Å². The molecule has 0 atom stereocenters. The van der Waals surface area contributed by atoms with Crippen LogP contribution in [0.5, 0.6) is 0 Å². The zero-order chi connectivity index (χ0) is 11.2. The first kappa shape index (κ1) is 13.7. The van der Waals surface area contributed by atoms with Crippen molar-refractivity contribution < 1.29 is 21.6 Å². The molecule has 8 heteroatoms. The second-order valence-corrected chi connectivity index (χ2v) is 4.65. The van der Waals surface area contributed by atoms with E-state index in [2.05, 4.69) is 0 Å². The molecule has 0 saturated heterocycles. The zero-order valence-corrected chi connectivity index (χ0v) is 8.29. The van der Waals surface area contributed by atoms with Gasteiger partial charge in [-0.3, -0.25) is 0 Å². The molecule has 0 rings (SSSR count). The molecular formula is C6H13F3N2O2S. The minimum atomic E-state index is -4.24. The molecule has 0 aromatic heterocycles. The van der Waals surface area contributed by atoms with Crippen molar-refractivity contribution in [1.29, 1.82) is 0 Å². The number of nitrogens with two attached hydrogens (primary N) is 1. The van der Waals surface area contributed by atoms with Crippen molar-refractivity contribution in [3.05, 3.63) is 0 Å². The summed E-state index contributed by atoms with van der Waals surface area (Å²) >= 11 is 0. The standard InChI is InChI=1S/C6H13F3N2O2S/c7-6(8,9)2-1-4-11-14(12,13)5-3-10/h11H,1-5,10H2. The maximum absolute atomic E-state index is 11.6. The third-order valence-electron chi connectivity index (χ3n) is 1.35. The summed E-state index contributed by atoms with van der Waals surface area (Å²) in [5.41, 5.74) is 4.99. The van der Waals surface area contributed by atoms with Crippen molar-refractivity contribution in [1.82, 2.24) is 4.72 Å². The van der Waals surface area contributed by atoms with Crippen LogP contribution in [0.2, 0.25) is 0 Å². The SMILES string of the molecule is NCCS(=O)(=O)NCCCC(F)(F)F. The molecule has 3 N–H and O–H groups in total. The zero-order valence-electron chi connectivity index (χ0n) is 7.47. The number of alkyl halides is 3. The van der Waals surface area contributed by atoms with Gasteiger partial charge in [-0.15, -0.1) is 0 Å². The summed E-state index contributed by atoms with van der Waals surface area (Å²) in [6, 6.07) is 0. The Hall–Kier alpha value is -0.340. The number of rotatable bonds is 6. The first-order valence-electron chi connectivity index (χ1n) is 4.01. The second kappa shape index (κ2) is 5.52. The normalized spacial score (nSPS) is 13.1. The van der Waals surface area contributed by atoms with Gasteiger partial charge in [-0.2, -0.15) is 13.2 Å². The number of sulfonamides is 1. The van der Waals surface area contributed by atoms with E-state index in [0.29, 0.717) is 0 Å². The maximum atomic E-state index is 11.6. The average molecular weight is 234 g/mol. The summed E-state index contributed by atoms with van der Waals surface area (Å²) in [5, 5.41) is 0. The number of hydrogen-bond acceptors (Lipinski definition) is 3. The number of nitrogens with one attached hydrogen (secondary N) is 1. The van der Waals surface area contributed by atoms with Crippen molar-refractivity contribution in [3.8, 4) is 0 Å². The van der Waals surface area contributed by atoms with Gasteiger partial charge >= 0.3 is 6.18 Å². The van der Waals surface area contributed by atoms with Crippen molar-refractivity contribution in [2.45, 2.75) is 19.0 Å². The largest absolute Gasteiger partial charge is 0.389 e. The van der Waals surface area contributed by atoms with Gasteiger partial charge in [0, 0.05) is 19.5 Å². The Morgan fingerprint density at radius 3 is 2.29 bits per heavy atom. The van der Waals surface area contributed by atoms with Gasteiger partial charge in [0.05, 0.1) is 5.75 Å². The first-order chi connectivity index (χ1) is 6.27. The van der Waals surface area contributed by atoms with Crippen LogP contribution in [0.3, 0.4) is 0 Å². The quantitative estimate of drug-likeness (QED) is 0.645. The smallest absolute Gasteiger partial charge is 0.329 e. The van der Waals surface area contributed by atoms with Crippen LogP contribution < -0.4 is 10.5 Å². The molecule has 0 aromatic rings. The Labute approximate surface area is 80.7 Å². The highest BCUT2D eigenvalue weighted by Crippen LogP contribution is 2.20. The molecule has 4 nitrogen and oxygen atoms in total. The van der Waals surface area contributed by atoms with Gasteiger partial charge in [0.1, 0.15) is 0 Å². The van der Waals surface area contributed by atoms with E-state index in [-0.39, 0.29) is 25.3 Å². The fourth-order valence-electron chi connectivity index (χ4n) is 0.744. The van der Waals surface area contributed by atoms with E-state index in [4.69, 9.17) is 5.73 Å². The lowest BCUT2D eigenvalue weighted by Crippen LogP contribution is -2.31. The van der Waals surface area contributed by atoms with E-state index in [1.807, 2.05) is 4.72 Å². The molecule has 0 aliphatic carbocycles. The Kier molecular flexibility index (Phi) is 5.38. The van der Waals surface area contributed by atoms with Crippen molar-refractivity contribution in [2.75, 3.05) is 18.8 Å². The van der Waals surface area contributed by atoms with Crippen molar-refractivity contribution in [2.24, 2.45) is 5.73 Å². The van der Waals surface area contributed by atoms with Gasteiger partial charge < -0.3 is 5.73 Å². The van der Waals surface area contributed by atoms with Crippen LogP contribution in [0.15, 0.2) is 0 Å². The summed E-state index contributed by atoms with van der Waals surface area (Å²) < 4.78 is 58.7. The Morgan fingerprint density at radius 1 is 1.29 bits per heavy atom. The van der Waals surface area contributed by atoms with Crippen LogP contribution in [-0.4, -0.2) is 33.4 Å². The summed E-state index contributed by atoms with van der Waals surface area (Å²) in [4.78, 5) is 0. The topological polar surface area (TPSA) is 72.2 Å². The molecule has 0 fully saturated rings. The van der Waals surface area contributed by atoms with E-state index in [9.17, 15) is 21.6 Å². The number of halogens is 3. The minimum Gasteiger partial charge on any atom is -0.329 e. The monoisotopic (exact) mass is 234 g/mol. The predicted octanol–water partition coefficient (Wildman–Crippen LogP) is 0.207. The molecule has 0 bridgehead atoms. The predicted molar refractivity (Wildman–Crippen MR) is 46.1 cm³/mol. The van der Waals surface area contributed by atoms with Gasteiger partial charge in [0.15, 0.2) is 0 Å². The molecule has 0 aromatic carbocycles. The van der Waals surface area contributed by atoms with E-state index in [1.165, 1.54) is 0 Å². The summed E-state index contributed by atoms with van der Waals surface area (Å²) in [7, 11) is -3.49. The van der Waals surface area contributed by atoms with E-state index in [1.54, 1.807) is 0 Å². The van der Waals surface area contributed by atoms with Gasteiger partial charge in [-0.25, -0.2) is 13.1 Å². The molecule has 86 valence electrons. The Morgan fingerprint density at radius 2 is 1.86 bits per heavy atom. The molecule has 0 heterocycles. The van der Waals surface area contributed by atoms with Crippen molar-refractivity contribution in [3.63, 3.8) is 0 Å². The van der Waals surface area contributed by atoms with E-state index < -0.39 is 22.6 Å². The fourth-order valence-corrected chi connectivity index (χ4v) is 1.65. The Balaban J connectivity index is 3.65. The molecule has 0 radical (unpaired) electrons. The third-order valence-corrected chi connectivity index (χ3v) is 2.76. The molecule has 0 aliphatic heterocycles. The maximum Gasteiger partial charge on any atom is 0.389 e. The second-order valence-electron chi connectivity index (χ2n) is 2.72. The van der Waals surface area contributed by atoms with Crippen LogP contribution in [0, 0.1) is 0 Å².